The van der Waals surface area contributed by atoms with Crippen molar-refractivity contribution in [2.24, 2.45) is 0 Å². The molecule has 0 fully saturated rings. The molecular formula is C18H30BrN. The van der Waals surface area contributed by atoms with Crippen molar-refractivity contribution in [1.82, 2.24) is 5.32 Å². The van der Waals surface area contributed by atoms with Crippen LogP contribution < -0.4 is 5.32 Å². The van der Waals surface area contributed by atoms with Crippen molar-refractivity contribution in [3.63, 3.8) is 0 Å². The fraction of sp³-hybridized carbons (Fsp3) is 0.667. The van der Waals surface area contributed by atoms with Crippen molar-refractivity contribution in [1.29, 1.82) is 0 Å². The van der Waals surface area contributed by atoms with Crippen LogP contribution in [0.25, 0.3) is 0 Å². The molecule has 0 amide bonds. The molecule has 1 aromatic carbocycles. The van der Waals surface area contributed by atoms with E-state index in [-0.39, 0.29) is 0 Å². The Morgan fingerprint density at radius 1 is 1.05 bits per heavy atom. The SMILES string of the molecule is CCCCCCCCCC(CNC)c1cccc(Br)c1. The molecule has 0 heterocycles. The van der Waals surface area contributed by atoms with Crippen LogP contribution in [0.2, 0.25) is 0 Å². The van der Waals surface area contributed by atoms with Gasteiger partial charge in [0.05, 0.1) is 0 Å². The second-order valence-electron chi connectivity index (χ2n) is 5.72. The Labute approximate surface area is 133 Å². The van der Waals surface area contributed by atoms with Gasteiger partial charge < -0.3 is 5.32 Å². The van der Waals surface area contributed by atoms with Crippen molar-refractivity contribution in [3.05, 3.63) is 34.3 Å². The van der Waals surface area contributed by atoms with Crippen LogP contribution in [0.5, 0.6) is 0 Å². The molecule has 0 spiro atoms. The highest BCUT2D eigenvalue weighted by Gasteiger charge is 2.10. The zero-order chi connectivity index (χ0) is 14.6. The number of unbranched alkanes of at least 4 members (excludes halogenated alkanes) is 6. The van der Waals surface area contributed by atoms with Gasteiger partial charge in [-0.25, -0.2) is 0 Å². The third kappa shape index (κ3) is 7.44. The van der Waals surface area contributed by atoms with E-state index < -0.39 is 0 Å². The van der Waals surface area contributed by atoms with E-state index in [9.17, 15) is 0 Å². The van der Waals surface area contributed by atoms with E-state index in [2.05, 4.69) is 59.5 Å². The molecule has 0 saturated heterocycles. The second kappa shape index (κ2) is 11.3. The Bertz CT molecular complexity index is 351. The number of halogens is 1. The highest BCUT2D eigenvalue weighted by atomic mass is 79.9. The summed E-state index contributed by atoms with van der Waals surface area (Å²) in [5.41, 5.74) is 1.46. The third-order valence-corrected chi connectivity index (χ3v) is 4.42. The van der Waals surface area contributed by atoms with Crippen molar-refractivity contribution in [2.45, 2.75) is 64.2 Å². The number of hydrogen-bond acceptors (Lipinski definition) is 1. The molecule has 114 valence electrons. The molecule has 0 aromatic heterocycles. The number of likely N-dealkylation sites (N-methyl/N-ethyl adjacent to an activating group) is 1. The summed E-state index contributed by atoms with van der Waals surface area (Å²) in [5, 5.41) is 3.34. The molecule has 1 N–H and O–H groups in total. The van der Waals surface area contributed by atoms with Crippen LogP contribution in [0.15, 0.2) is 28.7 Å². The van der Waals surface area contributed by atoms with Gasteiger partial charge in [-0.1, -0.05) is 79.9 Å². The maximum absolute atomic E-state index is 3.58. The molecule has 0 aliphatic heterocycles. The summed E-state index contributed by atoms with van der Waals surface area (Å²) in [6.07, 6.45) is 11.0. The van der Waals surface area contributed by atoms with Crippen molar-refractivity contribution in [3.8, 4) is 0 Å². The van der Waals surface area contributed by atoms with Gasteiger partial charge in [0, 0.05) is 11.0 Å². The molecule has 1 atom stereocenters. The summed E-state index contributed by atoms with van der Waals surface area (Å²) in [4.78, 5) is 0. The molecule has 0 saturated carbocycles. The summed E-state index contributed by atoms with van der Waals surface area (Å²) in [5.74, 6) is 0.646. The zero-order valence-corrected chi connectivity index (χ0v) is 14.7. The Kier molecular flexibility index (Phi) is 10.0. The molecule has 2 heteroatoms. The molecule has 0 radical (unpaired) electrons. The minimum atomic E-state index is 0.646. The van der Waals surface area contributed by atoms with Gasteiger partial charge in [0.25, 0.3) is 0 Å². The lowest BCUT2D eigenvalue weighted by Gasteiger charge is -2.17. The summed E-state index contributed by atoms with van der Waals surface area (Å²) >= 11 is 3.58. The van der Waals surface area contributed by atoms with Gasteiger partial charge in [0.1, 0.15) is 0 Å². The van der Waals surface area contributed by atoms with Gasteiger partial charge in [-0.2, -0.15) is 0 Å². The molecule has 0 aliphatic rings. The molecule has 1 unspecified atom stereocenters. The van der Waals surface area contributed by atoms with Crippen LogP contribution in [0, 0.1) is 0 Å². The van der Waals surface area contributed by atoms with Crippen LogP contribution in [-0.2, 0) is 0 Å². The summed E-state index contributed by atoms with van der Waals surface area (Å²) < 4.78 is 1.19. The lowest BCUT2D eigenvalue weighted by Crippen LogP contribution is -2.17. The number of nitrogens with one attached hydrogen (secondary N) is 1. The predicted octanol–water partition coefficient (Wildman–Crippen LogP) is 5.89. The first kappa shape index (κ1) is 17.7. The van der Waals surface area contributed by atoms with E-state index in [1.54, 1.807) is 0 Å². The normalized spacial score (nSPS) is 12.6. The maximum atomic E-state index is 3.58. The highest BCUT2D eigenvalue weighted by Crippen LogP contribution is 2.25. The molecule has 1 nitrogen and oxygen atoms in total. The van der Waals surface area contributed by atoms with Crippen LogP contribution in [0.1, 0.15) is 69.8 Å². The lowest BCUT2D eigenvalue weighted by molar-refractivity contribution is 0.519. The molecule has 0 aliphatic carbocycles. The monoisotopic (exact) mass is 339 g/mol. The first-order valence-electron chi connectivity index (χ1n) is 8.18. The maximum Gasteiger partial charge on any atom is 0.0178 e. The topological polar surface area (TPSA) is 12.0 Å². The van der Waals surface area contributed by atoms with E-state index >= 15 is 0 Å². The standard InChI is InChI=1S/C18H30BrN/c1-3-4-5-6-7-8-9-11-17(15-20-2)16-12-10-13-18(19)14-16/h10,12-14,17,20H,3-9,11,15H2,1-2H3. The number of benzene rings is 1. The van der Waals surface area contributed by atoms with Crippen LogP contribution >= 0.6 is 15.9 Å². The average molecular weight is 340 g/mol. The van der Waals surface area contributed by atoms with E-state index in [0.29, 0.717) is 5.92 Å². The minimum absolute atomic E-state index is 0.646. The van der Waals surface area contributed by atoms with Crippen molar-refractivity contribution >= 4 is 15.9 Å². The van der Waals surface area contributed by atoms with Gasteiger partial charge in [0.2, 0.25) is 0 Å². The first-order chi connectivity index (χ1) is 9.77. The number of rotatable bonds is 11. The van der Waals surface area contributed by atoms with Crippen LogP contribution in [0.4, 0.5) is 0 Å². The second-order valence-corrected chi connectivity index (χ2v) is 6.64. The molecule has 0 bridgehead atoms. The van der Waals surface area contributed by atoms with Gasteiger partial charge in [-0.05, 0) is 37.1 Å². The zero-order valence-electron chi connectivity index (χ0n) is 13.1. The summed E-state index contributed by atoms with van der Waals surface area (Å²) in [6.45, 7) is 3.35. The Morgan fingerprint density at radius 2 is 1.75 bits per heavy atom. The van der Waals surface area contributed by atoms with E-state index in [4.69, 9.17) is 0 Å². The van der Waals surface area contributed by atoms with Crippen LogP contribution in [-0.4, -0.2) is 13.6 Å². The predicted molar refractivity (Wildman–Crippen MR) is 93.4 cm³/mol. The summed E-state index contributed by atoms with van der Waals surface area (Å²) in [6, 6.07) is 8.78. The quantitative estimate of drug-likeness (QED) is 0.495. The average Bonchev–Trinajstić information content (AvgIpc) is 2.45. The van der Waals surface area contributed by atoms with Gasteiger partial charge in [-0.3, -0.25) is 0 Å². The summed E-state index contributed by atoms with van der Waals surface area (Å²) in [7, 11) is 2.05. The smallest absolute Gasteiger partial charge is 0.0178 e. The Morgan fingerprint density at radius 3 is 2.40 bits per heavy atom. The molecular weight excluding hydrogens is 310 g/mol. The molecule has 1 rings (SSSR count). The first-order valence-corrected chi connectivity index (χ1v) is 8.97. The highest BCUT2D eigenvalue weighted by molar-refractivity contribution is 9.10. The van der Waals surface area contributed by atoms with E-state index in [1.807, 2.05) is 0 Å². The third-order valence-electron chi connectivity index (χ3n) is 3.93. The van der Waals surface area contributed by atoms with E-state index in [0.717, 1.165) is 6.54 Å². The minimum Gasteiger partial charge on any atom is -0.319 e. The lowest BCUT2D eigenvalue weighted by atomic mass is 9.93. The largest absolute Gasteiger partial charge is 0.319 e. The Hall–Kier alpha value is -0.340. The van der Waals surface area contributed by atoms with Gasteiger partial charge in [0.15, 0.2) is 0 Å². The van der Waals surface area contributed by atoms with Crippen molar-refractivity contribution < 1.29 is 0 Å². The van der Waals surface area contributed by atoms with Crippen molar-refractivity contribution in [2.75, 3.05) is 13.6 Å². The van der Waals surface area contributed by atoms with E-state index in [1.165, 1.54) is 61.4 Å². The van der Waals surface area contributed by atoms with Gasteiger partial charge in [-0.15, -0.1) is 0 Å². The fourth-order valence-electron chi connectivity index (χ4n) is 2.74. The van der Waals surface area contributed by atoms with Gasteiger partial charge >= 0.3 is 0 Å². The fourth-order valence-corrected chi connectivity index (χ4v) is 3.16. The Balaban J connectivity index is 2.29. The van der Waals surface area contributed by atoms with Crippen LogP contribution in [0.3, 0.4) is 0 Å². The number of hydrogen-bond donors (Lipinski definition) is 1. The molecule has 20 heavy (non-hydrogen) atoms. The molecule has 1 aromatic rings.